The zero-order chi connectivity index (χ0) is 17.9. The van der Waals surface area contributed by atoms with E-state index in [1.54, 1.807) is 0 Å². The van der Waals surface area contributed by atoms with Gasteiger partial charge in [-0.1, -0.05) is 13.0 Å². The van der Waals surface area contributed by atoms with E-state index in [9.17, 15) is 4.79 Å². The Kier molecular flexibility index (Phi) is 5.22. The van der Waals surface area contributed by atoms with Gasteiger partial charge in [0.25, 0.3) is 0 Å². The molecule has 26 heavy (non-hydrogen) atoms. The largest absolute Gasteiger partial charge is 0.354 e. The first-order valence-corrected chi connectivity index (χ1v) is 10.4. The number of anilines is 1. The quantitative estimate of drug-likeness (QED) is 0.830. The van der Waals surface area contributed by atoms with Crippen molar-refractivity contribution in [1.82, 2.24) is 14.8 Å². The fourth-order valence-electron chi connectivity index (χ4n) is 4.09. The highest BCUT2D eigenvalue weighted by Crippen LogP contribution is 2.35. The first-order valence-electron chi connectivity index (χ1n) is 9.50. The minimum absolute atomic E-state index is 0.257. The Morgan fingerprint density at radius 1 is 1.19 bits per heavy atom. The molecule has 0 aromatic carbocycles. The number of hydrogen-bond acceptors (Lipinski definition) is 5. The van der Waals surface area contributed by atoms with Crippen molar-refractivity contribution in [2.24, 2.45) is 0 Å². The van der Waals surface area contributed by atoms with Crippen molar-refractivity contribution in [3.63, 3.8) is 0 Å². The molecule has 2 aromatic rings. The van der Waals surface area contributed by atoms with Crippen LogP contribution < -0.4 is 4.90 Å². The van der Waals surface area contributed by atoms with E-state index in [0.29, 0.717) is 6.54 Å². The summed E-state index contributed by atoms with van der Waals surface area (Å²) in [5.41, 5.74) is 1.37. The molecule has 6 heteroatoms. The fraction of sp³-hybridized carbons (Fsp3) is 0.500. The molecule has 1 fully saturated rings. The van der Waals surface area contributed by atoms with Gasteiger partial charge in [0.1, 0.15) is 5.82 Å². The number of rotatable bonds is 4. The van der Waals surface area contributed by atoms with Crippen molar-refractivity contribution in [2.45, 2.75) is 25.8 Å². The summed E-state index contributed by atoms with van der Waals surface area (Å²) in [4.78, 5) is 25.6. The van der Waals surface area contributed by atoms with Crippen LogP contribution in [0.25, 0.3) is 0 Å². The van der Waals surface area contributed by atoms with E-state index in [1.807, 2.05) is 29.7 Å². The minimum Gasteiger partial charge on any atom is -0.354 e. The number of hydrogen-bond donors (Lipinski definition) is 0. The van der Waals surface area contributed by atoms with Gasteiger partial charge in [-0.15, -0.1) is 11.3 Å². The molecule has 0 bridgehead atoms. The number of amides is 1. The van der Waals surface area contributed by atoms with Crippen molar-refractivity contribution in [2.75, 3.05) is 44.2 Å². The summed E-state index contributed by atoms with van der Waals surface area (Å²) in [6.45, 7) is 7.26. The van der Waals surface area contributed by atoms with Crippen LogP contribution in [0.4, 0.5) is 5.82 Å². The van der Waals surface area contributed by atoms with E-state index < -0.39 is 0 Å². The Morgan fingerprint density at radius 3 is 2.77 bits per heavy atom. The van der Waals surface area contributed by atoms with E-state index in [0.717, 1.165) is 51.4 Å². The SMILES string of the molecule is CCC1c2ccsc2CCN1C(=O)CN1CCN(c2ccccn2)CC1. The zero-order valence-corrected chi connectivity index (χ0v) is 16.1. The van der Waals surface area contributed by atoms with Crippen LogP contribution in [0.15, 0.2) is 35.8 Å². The van der Waals surface area contributed by atoms with Gasteiger partial charge in [-0.05, 0) is 42.0 Å². The number of carbonyl (C=O) groups is 1. The maximum atomic E-state index is 13.0. The van der Waals surface area contributed by atoms with Gasteiger partial charge in [-0.2, -0.15) is 0 Å². The number of aromatic nitrogens is 1. The third-order valence-corrected chi connectivity index (χ3v) is 6.50. The molecule has 2 aliphatic rings. The monoisotopic (exact) mass is 370 g/mol. The van der Waals surface area contributed by atoms with Crippen LogP contribution in [0.3, 0.4) is 0 Å². The van der Waals surface area contributed by atoms with Gasteiger partial charge in [0.15, 0.2) is 0 Å². The summed E-state index contributed by atoms with van der Waals surface area (Å²) < 4.78 is 0. The summed E-state index contributed by atoms with van der Waals surface area (Å²) in [5.74, 6) is 1.31. The van der Waals surface area contributed by atoms with Crippen LogP contribution in [0, 0.1) is 0 Å². The average Bonchev–Trinajstić information content (AvgIpc) is 3.17. The molecule has 0 aliphatic carbocycles. The summed E-state index contributed by atoms with van der Waals surface area (Å²) in [6.07, 6.45) is 3.83. The molecule has 0 spiro atoms. The average molecular weight is 371 g/mol. The highest BCUT2D eigenvalue weighted by atomic mass is 32.1. The molecule has 0 saturated carbocycles. The van der Waals surface area contributed by atoms with Crippen LogP contribution in [-0.2, 0) is 11.2 Å². The third-order valence-electron chi connectivity index (χ3n) is 5.51. The Hall–Kier alpha value is -1.92. The number of thiophene rings is 1. The lowest BCUT2D eigenvalue weighted by Crippen LogP contribution is -2.51. The molecule has 4 rings (SSSR count). The van der Waals surface area contributed by atoms with Gasteiger partial charge >= 0.3 is 0 Å². The maximum absolute atomic E-state index is 13.0. The van der Waals surface area contributed by atoms with Gasteiger partial charge < -0.3 is 9.80 Å². The van der Waals surface area contributed by atoms with Crippen molar-refractivity contribution < 1.29 is 4.79 Å². The smallest absolute Gasteiger partial charge is 0.237 e. The van der Waals surface area contributed by atoms with Gasteiger partial charge in [0, 0.05) is 43.8 Å². The molecule has 2 aliphatic heterocycles. The lowest BCUT2D eigenvalue weighted by Gasteiger charge is -2.39. The molecular weight excluding hydrogens is 344 g/mol. The Labute approximate surface area is 159 Å². The van der Waals surface area contributed by atoms with Crippen molar-refractivity contribution in [1.29, 1.82) is 0 Å². The van der Waals surface area contributed by atoms with Crippen LogP contribution >= 0.6 is 11.3 Å². The zero-order valence-electron chi connectivity index (χ0n) is 15.3. The molecule has 1 amide bonds. The van der Waals surface area contributed by atoms with E-state index in [2.05, 4.69) is 44.1 Å². The molecular formula is C20H26N4OS. The minimum atomic E-state index is 0.257. The molecule has 4 heterocycles. The number of carbonyl (C=O) groups excluding carboxylic acids is 1. The Morgan fingerprint density at radius 2 is 2.04 bits per heavy atom. The van der Waals surface area contributed by atoms with E-state index >= 15 is 0 Å². The normalized spacial score (nSPS) is 20.9. The molecule has 1 unspecified atom stereocenters. The lowest BCUT2D eigenvalue weighted by molar-refractivity contribution is -0.135. The predicted molar refractivity (Wildman–Crippen MR) is 106 cm³/mol. The molecule has 1 atom stereocenters. The maximum Gasteiger partial charge on any atom is 0.237 e. The second kappa shape index (κ2) is 7.76. The summed E-state index contributed by atoms with van der Waals surface area (Å²) in [7, 11) is 0. The molecule has 0 radical (unpaired) electrons. The van der Waals surface area contributed by atoms with Gasteiger partial charge in [-0.25, -0.2) is 4.98 Å². The van der Waals surface area contributed by atoms with Crippen LogP contribution in [0.5, 0.6) is 0 Å². The van der Waals surface area contributed by atoms with Crippen LogP contribution in [-0.4, -0.2) is 60.0 Å². The van der Waals surface area contributed by atoms with Gasteiger partial charge in [0.05, 0.1) is 12.6 Å². The van der Waals surface area contributed by atoms with Crippen molar-refractivity contribution in [3.05, 3.63) is 46.3 Å². The summed E-state index contributed by atoms with van der Waals surface area (Å²) >= 11 is 1.83. The Balaban J connectivity index is 1.34. The van der Waals surface area contributed by atoms with Crippen molar-refractivity contribution >= 4 is 23.1 Å². The first-order chi connectivity index (χ1) is 12.8. The highest BCUT2D eigenvalue weighted by Gasteiger charge is 2.31. The molecule has 1 saturated heterocycles. The first kappa shape index (κ1) is 17.5. The van der Waals surface area contributed by atoms with Crippen LogP contribution in [0.2, 0.25) is 0 Å². The second-order valence-electron chi connectivity index (χ2n) is 7.01. The number of pyridine rings is 1. The second-order valence-corrected chi connectivity index (χ2v) is 8.01. The molecule has 5 nitrogen and oxygen atoms in total. The molecule has 138 valence electrons. The van der Waals surface area contributed by atoms with Gasteiger partial charge in [-0.3, -0.25) is 9.69 Å². The van der Waals surface area contributed by atoms with Gasteiger partial charge in [0.2, 0.25) is 5.91 Å². The van der Waals surface area contributed by atoms with E-state index in [1.165, 1.54) is 10.4 Å². The predicted octanol–water partition coefficient (Wildman–Crippen LogP) is 2.80. The van der Waals surface area contributed by atoms with E-state index in [-0.39, 0.29) is 11.9 Å². The number of fused-ring (bicyclic) bond motifs is 1. The third kappa shape index (κ3) is 3.48. The summed E-state index contributed by atoms with van der Waals surface area (Å²) in [6, 6.07) is 8.49. The summed E-state index contributed by atoms with van der Waals surface area (Å²) in [5, 5.41) is 2.16. The lowest BCUT2D eigenvalue weighted by atomic mass is 9.97. The highest BCUT2D eigenvalue weighted by molar-refractivity contribution is 7.10. The Bertz CT molecular complexity index is 739. The standard InChI is InChI=1S/C20H26N4OS/c1-2-17-16-7-14-26-18(16)6-9-24(17)20(25)15-22-10-12-23(13-11-22)19-5-3-4-8-21-19/h3-5,7-8,14,17H,2,6,9-13,15H2,1H3. The molecule has 0 N–H and O–H groups in total. The molecule has 2 aromatic heterocycles. The number of nitrogens with zero attached hydrogens (tertiary/aromatic N) is 4. The number of piperazine rings is 1. The fourth-order valence-corrected chi connectivity index (χ4v) is 5.02. The topological polar surface area (TPSA) is 39.7 Å². The van der Waals surface area contributed by atoms with Crippen LogP contribution in [0.1, 0.15) is 29.8 Å². The van der Waals surface area contributed by atoms with Crippen molar-refractivity contribution in [3.8, 4) is 0 Å². The van der Waals surface area contributed by atoms with E-state index in [4.69, 9.17) is 0 Å².